The van der Waals surface area contributed by atoms with E-state index in [1.165, 1.54) is 0 Å². The molecule has 1 aliphatic rings. The van der Waals surface area contributed by atoms with Crippen molar-refractivity contribution in [2.45, 2.75) is 13.0 Å². The number of ether oxygens (including phenoxy) is 1. The van der Waals surface area contributed by atoms with E-state index in [-0.39, 0.29) is 12.5 Å². The number of benzene rings is 1. The maximum Gasteiger partial charge on any atom is 0.262 e. The average Bonchev–Trinajstić information content (AvgIpc) is 2.37. The largest absolute Gasteiger partial charge is 0.482 e. The number of amides is 1. The Bertz CT molecular complexity index is 446. The molecule has 0 aliphatic carbocycles. The molecule has 0 bridgehead atoms. The third kappa shape index (κ3) is 4.22. The van der Waals surface area contributed by atoms with E-state index in [1.807, 2.05) is 18.2 Å². The highest BCUT2D eigenvalue weighted by Gasteiger charge is 2.15. The molecule has 19 heavy (non-hydrogen) atoms. The molecule has 1 aliphatic heterocycles. The Kier molecular flexibility index (Phi) is 4.76. The molecular weight excluding hydrogens is 242 g/mol. The van der Waals surface area contributed by atoms with Crippen molar-refractivity contribution in [3.63, 3.8) is 0 Å². The van der Waals surface area contributed by atoms with Crippen LogP contribution in [0.2, 0.25) is 0 Å². The maximum absolute atomic E-state index is 11.2. The predicted octanol–water partition coefficient (Wildman–Crippen LogP) is 1.06. The van der Waals surface area contributed by atoms with E-state index in [0.29, 0.717) is 0 Å². The first-order chi connectivity index (χ1) is 9.15. The third-order valence-corrected chi connectivity index (χ3v) is 2.96. The summed E-state index contributed by atoms with van der Waals surface area (Å²) in [5.41, 5.74) is 1.92. The van der Waals surface area contributed by atoms with Crippen molar-refractivity contribution in [3.05, 3.63) is 23.8 Å². The van der Waals surface area contributed by atoms with Crippen LogP contribution in [0.15, 0.2) is 18.2 Å². The standard InChI is InChI=1S/C14H21N3O2/c1-17(2)7-3-6-15-9-11-4-5-13-12(8-11)16-14(18)10-19-13/h4-5,8,15H,3,6-7,9-10H2,1-2H3,(H,16,18). The Morgan fingerprint density at radius 2 is 2.26 bits per heavy atom. The number of hydrogen-bond acceptors (Lipinski definition) is 4. The molecule has 0 unspecified atom stereocenters. The summed E-state index contributed by atoms with van der Waals surface area (Å²) in [5, 5.41) is 6.21. The Morgan fingerprint density at radius 1 is 1.42 bits per heavy atom. The van der Waals surface area contributed by atoms with Gasteiger partial charge in [-0.3, -0.25) is 4.79 Å². The SMILES string of the molecule is CN(C)CCCNCc1ccc2c(c1)NC(=O)CO2. The first-order valence-electron chi connectivity index (χ1n) is 6.56. The van der Waals surface area contributed by atoms with E-state index >= 15 is 0 Å². The van der Waals surface area contributed by atoms with Crippen LogP contribution >= 0.6 is 0 Å². The summed E-state index contributed by atoms with van der Waals surface area (Å²) >= 11 is 0. The van der Waals surface area contributed by atoms with Gasteiger partial charge in [0, 0.05) is 6.54 Å². The van der Waals surface area contributed by atoms with Crippen molar-refractivity contribution in [2.24, 2.45) is 0 Å². The van der Waals surface area contributed by atoms with Gasteiger partial charge < -0.3 is 20.3 Å². The quantitative estimate of drug-likeness (QED) is 0.754. The van der Waals surface area contributed by atoms with Gasteiger partial charge in [0.05, 0.1) is 5.69 Å². The molecular formula is C14H21N3O2. The van der Waals surface area contributed by atoms with Gasteiger partial charge in [-0.2, -0.15) is 0 Å². The highest BCUT2D eigenvalue weighted by molar-refractivity contribution is 5.95. The Balaban J connectivity index is 1.81. The highest BCUT2D eigenvalue weighted by atomic mass is 16.5. The van der Waals surface area contributed by atoms with Gasteiger partial charge in [0.2, 0.25) is 0 Å². The smallest absolute Gasteiger partial charge is 0.262 e. The molecule has 2 rings (SSSR count). The zero-order valence-electron chi connectivity index (χ0n) is 11.5. The minimum Gasteiger partial charge on any atom is -0.482 e. The summed E-state index contributed by atoms with van der Waals surface area (Å²) in [6, 6.07) is 5.90. The molecule has 0 aromatic heterocycles. The third-order valence-electron chi connectivity index (χ3n) is 2.96. The second kappa shape index (κ2) is 6.54. The summed E-state index contributed by atoms with van der Waals surface area (Å²) in [4.78, 5) is 13.4. The van der Waals surface area contributed by atoms with Crippen LogP contribution in [0.4, 0.5) is 5.69 Å². The summed E-state index contributed by atoms with van der Waals surface area (Å²) in [6.45, 7) is 2.98. The van der Waals surface area contributed by atoms with Gasteiger partial charge in [0.1, 0.15) is 5.75 Å². The first-order valence-corrected chi connectivity index (χ1v) is 6.56. The van der Waals surface area contributed by atoms with Crippen LogP contribution < -0.4 is 15.4 Å². The van der Waals surface area contributed by atoms with Crippen molar-refractivity contribution in [3.8, 4) is 5.75 Å². The lowest BCUT2D eigenvalue weighted by Crippen LogP contribution is -2.25. The molecule has 0 fully saturated rings. The zero-order chi connectivity index (χ0) is 13.7. The lowest BCUT2D eigenvalue weighted by molar-refractivity contribution is -0.118. The van der Waals surface area contributed by atoms with Crippen LogP contribution in [0.3, 0.4) is 0 Å². The number of hydrogen-bond donors (Lipinski definition) is 2. The molecule has 1 amide bonds. The fraction of sp³-hybridized carbons (Fsp3) is 0.500. The van der Waals surface area contributed by atoms with Crippen LogP contribution in [0.5, 0.6) is 5.75 Å². The van der Waals surface area contributed by atoms with Crippen LogP contribution in [-0.4, -0.2) is 44.6 Å². The topological polar surface area (TPSA) is 53.6 Å². The Morgan fingerprint density at radius 3 is 3.05 bits per heavy atom. The normalized spacial score (nSPS) is 13.9. The van der Waals surface area contributed by atoms with Gasteiger partial charge in [-0.05, 0) is 51.3 Å². The van der Waals surface area contributed by atoms with E-state index in [0.717, 1.165) is 43.1 Å². The van der Waals surface area contributed by atoms with E-state index in [4.69, 9.17) is 4.74 Å². The molecule has 0 saturated carbocycles. The predicted molar refractivity (Wildman–Crippen MR) is 75.4 cm³/mol. The summed E-state index contributed by atoms with van der Waals surface area (Å²) in [7, 11) is 4.15. The molecule has 0 radical (unpaired) electrons. The molecule has 0 spiro atoms. The number of carbonyl (C=O) groups excluding carboxylic acids is 1. The summed E-state index contributed by atoms with van der Waals surface area (Å²) in [6.07, 6.45) is 1.12. The van der Waals surface area contributed by atoms with Gasteiger partial charge in [0.25, 0.3) is 5.91 Å². The van der Waals surface area contributed by atoms with Crippen LogP contribution in [-0.2, 0) is 11.3 Å². The molecule has 0 saturated heterocycles. The number of carbonyl (C=O) groups is 1. The van der Waals surface area contributed by atoms with Gasteiger partial charge in [0.15, 0.2) is 6.61 Å². The van der Waals surface area contributed by atoms with Crippen molar-refractivity contribution in [1.82, 2.24) is 10.2 Å². The number of anilines is 1. The average molecular weight is 263 g/mol. The molecule has 2 N–H and O–H groups in total. The van der Waals surface area contributed by atoms with Crippen LogP contribution in [0.1, 0.15) is 12.0 Å². The zero-order valence-corrected chi connectivity index (χ0v) is 11.5. The van der Waals surface area contributed by atoms with Gasteiger partial charge in [-0.25, -0.2) is 0 Å². The first kappa shape index (κ1) is 13.8. The van der Waals surface area contributed by atoms with Crippen molar-refractivity contribution < 1.29 is 9.53 Å². The lowest BCUT2D eigenvalue weighted by atomic mass is 10.1. The van der Waals surface area contributed by atoms with E-state index < -0.39 is 0 Å². The second-order valence-corrected chi connectivity index (χ2v) is 5.00. The molecule has 0 atom stereocenters. The number of nitrogens with zero attached hydrogens (tertiary/aromatic N) is 1. The van der Waals surface area contributed by atoms with Crippen molar-refractivity contribution in [1.29, 1.82) is 0 Å². The van der Waals surface area contributed by atoms with Crippen LogP contribution in [0, 0.1) is 0 Å². The van der Waals surface area contributed by atoms with E-state index in [1.54, 1.807) is 0 Å². The van der Waals surface area contributed by atoms with Crippen LogP contribution in [0.25, 0.3) is 0 Å². The van der Waals surface area contributed by atoms with E-state index in [2.05, 4.69) is 29.6 Å². The van der Waals surface area contributed by atoms with Crippen molar-refractivity contribution >= 4 is 11.6 Å². The minimum absolute atomic E-state index is 0.0939. The Labute approximate surface area is 113 Å². The van der Waals surface area contributed by atoms with Gasteiger partial charge >= 0.3 is 0 Å². The number of fused-ring (bicyclic) bond motifs is 1. The summed E-state index contributed by atoms with van der Waals surface area (Å²) < 4.78 is 5.32. The van der Waals surface area contributed by atoms with Gasteiger partial charge in [-0.1, -0.05) is 6.07 Å². The van der Waals surface area contributed by atoms with Gasteiger partial charge in [-0.15, -0.1) is 0 Å². The monoisotopic (exact) mass is 263 g/mol. The molecule has 1 heterocycles. The summed E-state index contributed by atoms with van der Waals surface area (Å²) in [5.74, 6) is 0.652. The fourth-order valence-corrected chi connectivity index (χ4v) is 1.99. The fourth-order valence-electron chi connectivity index (χ4n) is 1.99. The molecule has 5 nitrogen and oxygen atoms in total. The molecule has 104 valence electrons. The number of nitrogens with one attached hydrogen (secondary N) is 2. The molecule has 5 heteroatoms. The molecule has 1 aromatic carbocycles. The highest BCUT2D eigenvalue weighted by Crippen LogP contribution is 2.28. The van der Waals surface area contributed by atoms with E-state index in [9.17, 15) is 4.79 Å². The number of rotatable bonds is 6. The Hall–Kier alpha value is -1.59. The minimum atomic E-state index is -0.0939. The lowest BCUT2D eigenvalue weighted by Gasteiger charge is -2.18. The second-order valence-electron chi connectivity index (χ2n) is 5.00. The molecule has 1 aromatic rings. The van der Waals surface area contributed by atoms with Crippen molar-refractivity contribution in [2.75, 3.05) is 39.1 Å². The maximum atomic E-state index is 11.2.